The highest BCUT2D eigenvalue weighted by Gasteiger charge is 2.27. The average molecular weight is 411 g/mol. The van der Waals surface area contributed by atoms with Crippen molar-refractivity contribution in [2.45, 2.75) is 6.92 Å². The highest BCUT2D eigenvalue weighted by atomic mass is 32.1. The molecule has 1 aliphatic heterocycles. The van der Waals surface area contributed by atoms with Gasteiger partial charge in [-0.2, -0.15) is 0 Å². The average Bonchev–Trinajstić information content (AvgIpc) is 2.95. The summed E-state index contributed by atoms with van der Waals surface area (Å²) in [5, 5.41) is 5.99. The van der Waals surface area contributed by atoms with E-state index in [1.165, 1.54) is 4.90 Å². The summed E-state index contributed by atoms with van der Waals surface area (Å²) in [6.45, 7) is 2.12. The first-order chi connectivity index (χ1) is 14.0. The van der Waals surface area contributed by atoms with Crippen LogP contribution >= 0.6 is 12.2 Å². The molecule has 8 heteroatoms. The van der Waals surface area contributed by atoms with Crippen LogP contribution in [0.4, 0.5) is 5.69 Å². The molecular weight excluding hydrogens is 390 g/mol. The van der Waals surface area contributed by atoms with Crippen molar-refractivity contribution in [2.24, 2.45) is 0 Å². The number of thiocarbonyl (C=S) groups is 1. The van der Waals surface area contributed by atoms with Crippen LogP contribution < -0.4 is 20.1 Å². The zero-order valence-corrected chi connectivity index (χ0v) is 16.9. The van der Waals surface area contributed by atoms with Gasteiger partial charge in [-0.3, -0.25) is 14.5 Å². The summed E-state index contributed by atoms with van der Waals surface area (Å²) in [6, 6.07) is 14.4. The predicted octanol–water partition coefficient (Wildman–Crippen LogP) is 2.79. The van der Waals surface area contributed by atoms with Gasteiger partial charge >= 0.3 is 0 Å². The number of nitrogens with one attached hydrogen (secondary N) is 2. The van der Waals surface area contributed by atoms with Crippen molar-refractivity contribution in [3.8, 4) is 11.5 Å². The van der Waals surface area contributed by atoms with E-state index < -0.39 is 0 Å². The number of rotatable bonds is 7. The number of amides is 2. The zero-order valence-electron chi connectivity index (χ0n) is 16.1. The van der Waals surface area contributed by atoms with Gasteiger partial charge < -0.3 is 20.1 Å². The first kappa shape index (κ1) is 20.3. The van der Waals surface area contributed by atoms with Gasteiger partial charge in [0.05, 0.1) is 6.61 Å². The van der Waals surface area contributed by atoms with Crippen LogP contribution in [0.1, 0.15) is 12.5 Å². The van der Waals surface area contributed by atoms with Crippen LogP contribution in [0.3, 0.4) is 0 Å². The van der Waals surface area contributed by atoms with Crippen LogP contribution in [0, 0.1) is 0 Å². The number of likely N-dealkylation sites (N-methyl/N-ethyl adjacent to an activating group) is 1. The fraction of sp³-hybridized carbons (Fsp3) is 0.190. The molecule has 2 aromatic rings. The minimum absolute atomic E-state index is 0.158. The summed E-state index contributed by atoms with van der Waals surface area (Å²) in [5.74, 6) is 0.444. The second-order valence-corrected chi connectivity index (χ2v) is 6.58. The Balaban J connectivity index is 1.70. The Morgan fingerprint density at radius 1 is 1.17 bits per heavy atom. The lowest BCUT2D eigenvalue weighted by Crippen LogP contribution is -2.25. The number of benzene rings is 2. The van der Waals surface area contributed by atoms with E-state index in [1.54, 1.807) is 43.5 Å². The van der Waals surface area contributed by atoms with E-state index in [2.05, 4.69) is 10.6 Å². The van der Waals surface area contributed by atoms with E-state index >= 15 is 0 Å². The minimum Gasteiger partial charge on any atom is -0.490 e. The molecule has 2 amide bonds. The van der Waals surface area contributed by atoms with Gasteiger partial charge in [-0.15, -0.1) is 0 Å². The highest BCUT2D eigenvalue weighted by Crippen LogP contribution is 2.29. The van der Waals surface area contributed by atoms with Crippen LogP contribution in [0.5, 0.6) is 11.5 Å². The molecule has 1 aliphatic rings. The monoisotopic (exact) mass is 411 g/mol. The molecule has 0 atom stereocenters. The van der Waals surface area contributed by atoms with E-state index in [9.17, 15) is 9.59 Å². The third-order valence-corrected chi connectivity index (χ3v) is 4.45. The van der Waals surface area contributed by atoms with Crippen molar-refractivity contribution in [1.82, 2.24) is 10.2 Å². The molecular formula is C21H21N3O4S. The van der Waals surface area contributed by atoms with Crippen LogP contribution in [0.15, 0.2) is 54.2 Å². The molecule has 1 saturated heterocycles. The topological polar surface area (TPSA) is 79.9 Å². The third-order valence-electron chi connectivity index (χ3n) is 4.08. The molecule has 150 valence electrons. The Morgan fingerprint density at radius 3 is 2.59 bits per heavy atom. The van der Waals surface area contributed by atoms with Crippen molar-refractivity contribution in [3.63, 3.8) is 0 Å². The number of carbonyl (C=O) groups excluding carboxylic acids is 2. The van der Waals surface area contributed by atoms with Crippen molar-refractivity contribution < 1.29 is 19.1 Å². The van der Waals surface area contributed by atoms with E-state index in [4.69, 9.17) is 21.7 Å². The summed E-state index contributed by atoms with van der Waals surface area (Å²) in [6.07, 6.45) is 1.69. The summed E-state index contributed by atoms with van der Waals surface area (Å²) in [7, 11) is 1.61. The first-order valence-electron chi connectivity index (χ1n) is 9.03. The summed E-state index contributed by atoms with van der Waals surface area (Å²) in [4.78, 5) is 25.6. The molecule has 1 heterocycles. The molecule has 0 unspecified atom stereocenters. The maximum absolute atomic E-state index is 12.1. The van der Waals surface area contributed by atoms with Gasteiger partial charge in [0.15, 0.2) is 23.2 Å². The number of para-hydroxylation sites is 1. The highest BCUT2D eigenvalue weighted by molar-refractivity contribution is 7.80. The van der Waals surface area contributed by atoms with E-state index in [1.807, 2.05) is 25.1 Å². The SMILES string of the molecule is CCOc1cc(/C=C2/NC(=S)N(C)C2=O)ccc1OCC(=O)Nc1ccccc1. The van der Waals surface area contributed by atoms with Gasteiger partial charge in [-0.25, -0.2) is 0 Å². The standard InChI is InChI=1S/C21H21N3O4S/c1-3-27-18-12-14(11-16-20(26)24(2)21(29)23-16)9-10-17(18)28-13-19(25)22-15-7-5-4-6-8-15/h4-12H,3,13H2,1-2H3,(H,22,25)(H,23,29)/b16-11+. The molecule has 0 bridgehead atoms. The molecule has 0 saturated carbocycles. The molecule has 0 spiro atoms. The second-order valence-electron chi connectivity index (χ2n) is 6.19. The number of carbonyl (C=O) groups is 2. The molecule has 0 aromatic heterocycles. The predicted molar refractivity (Wildman–Crippen MR) is 115 cm³/mol. The van der Waals surface area contributed by atoms with E-state index in [0.717, 1.165) is 5.56 Å². The van der Waals surface area contributed by atoms with Gasteiger partial charge in [-0.05, 0) is 55.0 Å². The molecule has 3 rings (SSSR count). The number of hydrogen-bond acceptors (Lipinski definition) is 5. The molecule has 2 aromatic carbocycles. The lowest BCUT2D eigenvalue weighted by Gasteiger charge is -2.13. The summed E-state index contributed by atoms with van der Waals surface area (Å²) in [5.41, 5.74) is 1.82. The Hall–Kier alpha value is -3.39. The number of hydrogen-bond donors (Lipinski definition) is 2. The number of anilines is 1. The molecule has 29 heavy (non-hydrogen) atoms. The summed E-state index contributed by atoms with van der Waals surface area (Å²) < 4.78 is 11.3. The minimum atomic E-state index is -0.276. The normalized spacial score (nSPS) is 14.7. The first-order valence-corrected chi connectivity index (χ1v) is 9.44. The van der Waals surface area contributed by atoms with Gasteiger partial charge in [0, 0.05) is 12.7 Å². The maximum Gasteiger partial charge on any atom is 0.276 e. The zero-order chi connectivity index (χ0) is 20.8. The Labute approximate surface area is 174 Å². The lowest BCUT2D eigenvalue weighted by atomic mass is 10.1. The number of nitrogens with zero attached hydrogens (tertiary/aromatic N) is 1. The van der Waals surface area contributed by atoms with Crippen molar-refractivity contribution >= 4 is 40.9 Å². The van der Waals surface area contributed by atoms with Crippen LogP contribution in [0.2, 0.25) is 0 Å². The lowest BCUT2D eigenvalue weighted by molar-refractivity contribution is -0.121. The molecule has 0 aliphatic carbocycles. The van der Waals surface area contributed by atoms with Gasteiger partial charge in [-0.1, -0.05) is 24.3 Å². The van der Waals surface area contributed by atoms with Crippen LogP contribution in [-0.2, 0) is 9.59 Å². The molecule has 2 N–H and O–H groups in total. The van der Waals surface area contributed by atoms with Crippen molar-refractivity contribution in [1.29, 1.82) is 0 Å². The summed E-state index contributed by atoms with van der Waals surface area (Å²) >= 11 is 5.08. The smallest absolute Gasteiger partial charge is 0.276 e. The van der Waals surface area contributed by atoms with Crippen LogP contribution in [-0.4, -0.2) is 42.1 Å². The number of ether oxygens (including phenoxy) is 2. The fourth-order valence-corrected chi connectivity index (χ4v) is 2.85. The van der Waals surface area contributed by atoms with Gasteiger partial charge in [0.1, 0.15) is 5.70 Å². The maximum atomic E-state index is 12.1. The quantitative estimate of drug-likeness (QED) is 0.539. The Kier molecular flexibility index (Phi) is 6.46. The molecule has 7 nitrogen and oxygen atoms in total. The fourth-order valence-electron chi connectivity index (χ4n) is 2.65. The Bertz CT molecular complexity index is 960. The largest absolute Gasteiger partial charge is 0.490 e. The molecule has 0 radical (unpaired) electrons. The van der Waals surface area contributed by atoms with E-state index in [0.29, 0.717) is 34.6 Å². The second kappa shape index (κ2) is 9.20. The van der Waals surface area contributed by atoms with Crippen LogP contribution in [0.25, 0.3) is 6.08 Å². The van der Waals surface area contributed by atoms with Crippen molar-refractivity contribution in [2.75, 3.05) is 25.6 Å². The van der Waals surface area contributed by atoms with E-state index in [-0.39, 0.29) is 18.4 Å². The van der Waals surface area contributed by atoms with Crippen molar-refractivity contribution in [3.05, 3.63) is 59.8 Å². The Morgan fingerprint density at radius 2 is 1.93 bits per heavy atom. The third kappa shape index (κ3) is 5.11. The van der Waals surface area contributed by atoms with Gasteiger partial charge in [0.2, 0.25) is 0 Å². The molecule has 1 fully saturated rings. The van der Waals surface area contributed by atoms with Gasteiger partial charge in [0.25, 0.3) is 11.8 Å².